The Bertz CT molecular complexity index is 1150. The molecule has 2 amide bonds. The lowest BCUT2D eigenvalue weighted by Gasteiger charge is -2.34. The highest BCUT2D eigenvalue weighted by atomic mass is 32.1. The van der Waals surface area contributed by atoms with E-state index < -0.39 is 0 Å². The number of nitrogens with zero attached hydrogens (tertiary/aromatic N) is 2. The molecule has 0 bridgehead atoms. The van der Waals surface area contributed by atoms with Gasteiger partial charge >= 0.3 is 0 Å². The fourth-order valence-corrected chi connectivity index (χ4v) is 7.24. The first-order chi connectivity index (χ1) is 18.3. The monoisotopic (exact) mass is 583 g/mol. The lowest BCUT2D eigenvalue weighted by Crippen LogP contribution is -2.39. The van der Waals surface area contributed by atoms with Gasteiger partial charge in [-0.25, -0.2) is 0 Å². The van der Waals surface area contributed by atoms with Crippen molar-refractivity contribution >= 4 is 57.2 Å². The summed E-state index contributed by atoms with van der Waals surface area (Å²) in [5.74, 6) is 1.13. The zero-order chi connectivity index (χ0) is 27.0. The molecule has 0 N–H and O–H groups in total. The molecular formula is C30H35N2O2S4. The summed E-state index contributed by atoms with van der Waals surface area (Å²) in [5.41, 5.74) is -0.281. The molecule has 0 atom stereocenters. The second kappa shape index (κ2) is 13.7. The van der Waals surface area contributed by atoms with E-state index in [0.717, 1.165) is 5.92 Å². The van der Waals surface area contributed by atoms with E-state index in [-0.39, 0.29) is 17.2 Å². The molecule has 4 aromatic heterocycles. The van der Waals surface area contributed by atoms with Gasteiger partial charge in [-0.3, -0.25) is 9.59 Å². The van der Waals surface area contributed by atoms with Crippen molar-refractivity contribution in [3.05, 3.63) is 95.5 Å². The zero-order valence-corrected chi connectivity index (χ0v) is 25.5. The largest absolute Gasteiger partial charge is 0.332 e. The number of carbonyl (C=O) groups excluding carboxylic acids is 2. The van der Waals surface area contributed by atoms with Crippen LogP contribution < -0.4 is 0 Å². The summed E-state index contributed by atoms with van der Waals surface area (Å²) in [5, 5.41) is 8.22. The van der Waals surface area contributed by atoms with Gasteiger partial charge in [-0.05, 0) is 64.0 Å². The van der Waals surface area contributed by atoms with E-state index in [1.54, 1.807) is 45.3 Å². The SMILES string of the molecule is CC(C)(C)[C](CCCC(=O)N(Cc1cccs1)Cc1cccs1)C(=O)N(Cc1cccs1)Cc1cccs1. The molecule has 0 fully saturated rings. The number of rotatable bonds is 13. The topological polar surface area (TPSA) is 40.6 Å². The van der Waals surface area contributed by atoms with Crippen molar-refractivity contribution in [2.24, 2.45) is 5.41 Å². The van der Waals surface area contributed by atoms with Gasteiger partial charge in [0.1, 0.15) is 0 Å². The lowest BCUT2D eigenvalue weighted by atomic mass is 9.77. The number of thiophene rings is 4. The molecule has 4 nitrogen and oxygen atoms in total. The van der Waals surface area contributed by atoms with E-state index in [2.05, 4.69) is 66.6 Å². The fourth-order valence-electron chi connectivity index (χ4n) is 4.36. The Kier molecular flexibility index (Phi) is 10.4. The maximum atomic E-state index is 14.0. The molecule has 4 heterocycles. The number of carbonyl (C=O) groups is 2. The highest BCUT2D eigenvalue weighted by molar-refractivity contribution is 7.10. The van der Waals surface area contributed by atoms with Crippen LogP contribution in [0.2, 0.25) is 0 Å². The molecule has 0 saturated heterocycles. The molecule has 1 radical (unpaired) electrons. The van der Waals surface area contributed by atoms with E-state index >= 15 is 0 Å². The van der Waals surface area contributed by atoms with Crippen LogP contribution in [-0.4, -0.2) is 21.6 Å². The maximum Gasteiger partial charge on any atom is 0.231 e. The quantitative estimate of drug-likeness (QED) is 0.158. The van der Waals surface area contributed by atoms with Gasteiger partial charge in [-0.1, -0.05) is 45.0 Å². The van der Waals surface area contributed by atoms with Crippen LogP contribution in [0.4, 0.5) is 0 Å². The van der Waals surface area contributed by atoms with Crippen LogP contribution in [0, 0.1) is 11.3 Å². The molecule has 0 unspecified atom stereocenters. The Morgan fingerprint density at radius 3 is 1.37 bits per heavy atom. The lowest BCUT2D eigenvalue weighted by molar-refractivity contribution is -0.134. The van der Waals surface area contributed by atoms with Crippen molar-refractivity contribution in [2.45, 2.75) is 66.2 Å². The van der Waals surface area contributed by atoms with E-state index in [4.69, 9.17) is 0 Å². The van der Waals surface area contributed by atoms with Crippen LogP contribution in [-0.2, 0) is 35.8 Å². The minimum Gasteiger partial charge on any atom is -0.332 e. The van der Waals surface area contributed by atoms with Gasteiger partial charge in [0.05, 0.1) is 32.1 Å². The van der Waals surface area contributed by atoms with Crippen molar-refractivity contribution in [1.29, 1.82) is 0 Å². The molecule has 0 aromatic carbocycles. The maximum absolute atomic E-state index is 14.0. The van der Waals surface area contributed by atoms with E-state index in [0.29, 0.717) is 45.4 Å². The first-order valence-electron chi connectivity index (χ1n) is 12.8. The standard InChI is InChI=1S/C30H35N2O2S4/c1-30(2,3)27(29(34)32(21-25-11-7-17-37-25)22-26-12-8-18-38-26)13-4-14-28(33)31(19-23-9-5-15-35-23)20-24-10-6-16-36-24/h5-12,15-18H,4,13-14,19-22H2,1-3H3. The highest BCUT2D eigenvalue weighted by Gasteiger charge is 2.35. The normalized spacial score (nSPS) is 11.7. The molecule has 0 aliphatic heterocycles. The third kappa shape index (κ3) is 8.37. The predicted octanol–water partition coefficient (Wildman–Crippen LogP) is 8.48. The Labute approximate surface area is 242 Å². The van der Waals surface area contributed by atoms with Gasteiger partial charge in [0.15, 0.2) is 0 Å². The third-order valence-corrected chi connectivity index (χ3v) is 9.77. The van der Waals surface area contributed by atoms with Crippen molar-refractivity contribution in [3.63, 3.8) is 0 Å². The van der Waals surface area contributed by atoms with Crippen LogP contribution in [0.5, 0.6) is 0 Å². The summed E-state index contributed by atoms with van der Waals surface area (Å²) >= 11 is 6.72. The Morgan fingerprint density at radius 2 is 1.03 bits per heavy atom. The zero-order valence-electron chi connectivity index (χ0n) is 22.2. The molecule has 8 heteroatoms. The number of amides is 2. The Hall–Kier alpha value is -2.26. The molecule has 4 aromatic rings. The van der Waals surface area contributed by atoms with Crippen molar-refractivity contribution in [2.75, 3.05) is 0 Å². The average Bonchev–Trinajstić information content (AvgIpc) is 3.68. The van der Waals surface area contributed by atoms with Gasteiger partial charge in [0.2, 0.25) is 11.8 Å². The number of hydrogen-bond donors (Lipinski definition) is 0. The van der Waals surface area contributed by atoms with E-state index in [9.17, 15) is 9.59 Å². The predicted molar refractivity (Wildman–Crippen MR) is 162 cm³/mol. The summed E-state index contributed by atoms with van der Waals surface area (Å²) < 4.78 is 0. The van der Waals surface area contributed by atoms with Gasteiger partial charge < -0.3 is 9.80 Å². The van der Waals surface area contributed by atoms with Crippen LogP contribution >= 0.6 is 45.3 Å². The minimum atomic E-state index is -0.281. The second-order valence-corrected chi connectivity index (χ2v) is 14.4. The Morgan fingerprint density at radius 1 is 0.632 bits per heavy atom. The summed E-state index contributed by atoms with van der Waals surface area (Å²) in [6.07, 6.45) is 1.71. The van der Waals surface area contributed by atoms with Crippen LogP contribution in [0.15, 0.2) is 70.1 Å². The molecule has 0 saturated carbocycles. The summed E-state index contributed by atoms with van der Waals surface area (Å²) in [4.78, 5) is 36.0. The first-order valence-corrected chi connectivity index (χ1v) is 16.3. The van der Waals surface area contributed by atoms with Gasteiger partial charge in [-0.2, -0.15) is 0 Å². The average molecular weight is 584 g/mol. The highest BCUT2D eigenvalue weighted by Crippen LogP contribution is 2.35. The van der Waals surface area contributed by atoms with Crippen LogP contribution in [0.3, 0.4) is 0 Å². The van der Waals surface area contributed by atoms with Crippen molar-refractivity contribution in [3.8, 4) is 0 Å². The summed E-state index contributed by atoms with van der Waals surface area (Å²) in [6, 6.07) is 16.5. The van der Waals surface area contributed by atoms with Crippen molar-refractivity contribution in [1.82, 2.24) is 9.80 Å². The van der Waals surface area contributed by atoms with E-state index in [1.165, 1.54) is 19.5 Å². The first kappa shape index (κ1) is 28.7. The molecule has 0 spiro atoms. The van der Waals surface area contributed by atoms with Gasteiger partial charge in [0, 0.05) is 25.9 Å². The molecule has 0 aliphatic carbocycles. The van der Waals surface area contributed by atoms with Crippen molar-refractivity contribution < 1.29 is 9.59 Å². The van der Waals surface area contributed by atoms with E-state index in [1.807, 2.05) is 34.1 Å². The molecule has 0 aliphatic rings. The second-order valence-electron chi connectivity index (χ2n) is 10.3. The summed E-state index contributed by atoms with van der Waals surface area (Å²) in [7, 11) is 0. The molecule has 4 rings (SSSR count). The smallest absolute Gasteiger partial charge is 0.231 e. The molecule has 201 valence electrons. The van der Waals surface area contributed by atoms with Crippen LogP contribution in [0.1, 0.15) is 59.5 Å². The summed E-state index contributed by atoms with van der Waals surface area (Å²) in [6.45, 7) is 8.77. The molecule has 38 heavy (non-hydrogen) atoms. The molecular weight excluding hydrogens is 549 g/mol. The minimum absolute atomic E-state index is 0.0979. The van der Waals surface area contributed by atoms with Crippen LogP contribution in [0.25, 0.3) is 0 Å². The Balaban J connectivity index is 1.42. The fraction of sp³-hybridized carbons (Fsp3) is 0.367. The van der Waals surface area contributed by atoms with Gasteiger partial charge in [-0.15, -0.1) is 45.3 Å². The van der Waals surface area contributed by atoms with Gasteiger partial charge in [0.25, 0.3) is 0 Å². The number of hydrogen-bond acceptors (Lipinski definition) is 6. The third-order valence-electron chi connectivity index (χ3n) is 6.33.